The van der Waals surface area contributed by atoms with Crippen molar-refractivity contribution in [3.8, 4) is 0 Å². The van der Waals surface area contributed by atoms with Crippen molar-refractivity contribution in [1.29, 1.82) is 0 Å². The molecule has 0 atom stereocenters. The second-order valence-electron chi connectivity index (χ2n) is 6.48. The molecule has 128 valence electrons. The number of para-hydroxylation sites is 1. The van der Waals surface area contributed by atoms with Gasteiger partial charge in [0.1, 0.15) is 5.52 Å². The van der Waals surface area contributed by atoms with Gasteiger partial charge in [-0.05, 0) is 50.9 Å². The van der Waals surface area contributed by atoms with Crippen LogP contribution in [0.1, 0.15) is 27.6 Å². The zero-order chi connectivity index (χ0) is 16.4. The lowest BCUT2D eigenvalue weighted by Crippen LogP contribution is -2.33. The molecule has 3 heterocycles. The molecule has 0 spiro atoms. The quantitative estimate of drug-likeness (QED) is 0.711. The number of aromatic amines is 1. The lowest BCUT2D eigenvalue weighted by molar-refractivity contribution is 0.190. The monoisotopic (exact) mass is 343 g/mol. The molecule has 5 nitrogen and oxygen atoms in total. The van der Waals surface area contributed by atoms with Crippen LogP contribution in [0.4, 0.5) is 0 Å². The molecule has 2 aromatic heterocycles. The fraction of sp³-hybridized carbons (Fsp3) is 0.500. The van der Waals surface area contributed by atoms with Crippen molar-refractivity contribution in [2.45, 2.75) is 31.3 Å². The van der Waals surface area contributed by atoms with E-state index in [1.54, 1.807) is 11.8 Å². The Bertz CT molecular complexity index is 829. The van der Waals surface area contributed by atoms with E-state index in [9.17, 15) is 0 Å². The van der Waals surface area contributed by atoms with E-state index < -0.39 is 0 Å². The minimum absolute atomic E-state index is 0. The van der Waals surface area contributed by atoms with E-state index in [0.29, 0.717) is 0 Å². The number of benzene rings is 1. The van der Waals surface area contributed by atoms with Crippen molar-refractivity contribution in [3.63, 3.8) is 0 Å². The number of rotatable bonds is 5. The number of thioether (sulfide) groups is 1. The summed E-state index contributed by atoms with van der Waals surface area (Å²) in [6.45, 7) is 5.95. The van der Waals surface area contributed by atoms with Crippen LogP contribution in [0.2, 0.25) is 0 Å². The fourth-order valence-electron chi connectivity index (χ4n) is 3.48. The molecule has 0 radical (unpaired) electrons. The highest BCUT2D eigenvalue weighted by Gasteiger charge is 2.18. The van der Waals surface area contributed by atoms with Crippen molar-refractivity contribution < 1.29 is 1.43 Å². The fourth-order valence-corrected chi connectivity index (χ4v) is 4.36. The number of aromatic nitrogens is 4. The van der Waals surface area contributed by atoms with E-state index in [-0.39, 0.29) is 1.43 Å². The standard InChI is InChI=1S/C18H23N5S.H2/c1-2-23-10-7-13(8-11-23)9-12-24-18-20-17-16(21-22-18)14-5-3-4-6-15(14)19-17;/h3-6,13H,2,7-12H2,1H3,(H,19,20,22);1H. The molecule has 1 N–H and O–H groups in total. The van der Waals surface area contributed by atoms with Gasteiger partial charge in [0, 0.05) is 18.1 Å². The summed E-state index contributed by atoms with van der Waals surface area (Å²) < 4.78 is 0. The van der Waals surface area contributed by atoms with Crippen LogP contribution in [0, 0.1) is 5.92 Å². The highest BCUT2D eigenvalue weighted by Crippen LogP contribution is 2.26. The normalized spacial score (nSPS) is 17.0. The van der Waals surface area contributed by atoms with Crippen LogP contribution in [-0.2, 0) is 0 Å². The van der Waals surface area contributed by atoms with Gasteiger partial charge < -0.3 is 9.88 Å². The third-order valence-corrected chi connectivity index (χ3v) is 5.89. The first-order valence-electron chi connectivity index (χ1n) is 8.80. The SMILES string of the molecule is CCN1CCC(CCSc2nnc3c(n2)[nH]c2ccccc23)CC1.[HH]. The van der Waals surface area contributed by atoms with Gasteiger partial charge in [0.15, 0.2) is 5.65 Å². The lowest BCUT2D eigenvalue weighted by atomic mass is 9.94. The maximum Gasteiger partial charge on any atom is 0.211 e. The Hall–Kier alpha value is -1.66. The summed E-state index contributed by atoms with van der Waals surface area (Å²) in [4.78, 5) is 10.5. The maximum absolute atomic E-state index is 4.65. The first-order chi connectivity index (χ1) is 11.8. The molecule has 3 aromatic rings. The van der Waals surface area contributed by atoms with Gasteiger partial charge in [0.2, 0.25) is 5.16 Å². The summed E-state index contributed by atoms with van der Waals surface area (Å²) in [5.74, 6) is 1.93. The Morgan fingerprint density at radius 1 is 1.25 bits per heavy atom. The average Bonchev–Trinajstić information content (AvgIpc) is 3.00. The van der Waals surface area contributed by atoms with Gasteiger partial charge in [0.05, 0.1) is 0 Å². The van der Waals surface area contributed by atoms with Gasteiger partial charge in [-0.1, -0.05) is 36.9 Å². The highest BCUT2D eigenvalue weighted by atomic mass is 32.2. The van der Waals surface area contributed by atoms with Crippen LogP contribution in [0.15, 0.2) is 29.4 Å². The topological polar surface area (TPSA) is 57.7 Å². The molecule has 0 saturated carbocycles. The molecule has 0 unspecified atom stereocenters. The number of likely N-dealkylation sites (tertiary alicyclic amines) is 1. The third kappa shape index (κ3) is 3.26. The molecule has 0 bridgehead atoms. The Labute approximate surface area is 147 Å². The van der Waals surface area contributed by atoms with Gasteiger partial charge in [-0.2, -0.15) is 0 Å². The summed E-state index contributed by atoms with van der Waals surface area (Å²) >= 11 is 1.73. The predicted molar refractivity (Wildman–Crippen MR) is 101 cm³/mol. The van der Waals surface area contributed by atoms with E-state index in [1.807, 2.05) is 18.2 Å². The molecule has 1 fully saturated rings. The average molecular weight is 344 g/mol. The molecule has 1 saturated heterocycles. The summed E-state index contributed by atoms with van der Waals surface area (Å²) in [5, 5.41) is 10.6. The van der Waals surface area contributed by atoms with Crippen molar-refractivity contribution in [2.24, 2.45) is 5.92 Å². The van der Waals surface area contributed by atoms with Gasteiger partial charge in [-0.3, -0.25) is 0 Å². The van der Waals surface area contributed by atoms with Crippen molar-refractivity contribution in [2.75, 3.05) is 25.4 Å². The van der Waals surface area contributed by atoms with Crippen LogP contribution in [0.3, 0.4) is 0 Å². The van der Waals surface area contributed by atoms with Crippen LogP contribution in [0.5, 0.6) is 0 Å². The van der Waals surface area contributed by atoms with Gasteiger partial charge in [-0.25, -0.2) is 4.98 Å². The smallest absolute Gasteiger partial charge is 0.211 e. The van der Waals surface area contributed by atoms with Crippen LogP contribution in [0.25, 0.3) is 22.1 Å². The summed E-state index contributed by atoms with van der Waals surface area (Å²) in [5.41, 5.74) is 2.77. The largest absolute Gasteiger partial charge is 0.338 e. The number of nitrogens with zero attached hydrogens (tertiary/aromatic N) is 4. The molecular weight excluding hydrogens is 318 g/mol. The Morgan fingerprint density at radius 3 is 2.92 bits per heavy atom. The van der Waals surface area contributed by atoms with Gasteiger partial charge in [-0.15, -0.1) is 10.2 Å². The van der Waals surface area contributed by atoms with Crippen LogP contribution >= 0.6 is 11.8 Å². The number of fused-ring (bicyclic) bond motifs is 3. The zero-order valence-corrected chi connectivity index (χ0v) is 14.9. The first kappa shape index (κ1) is 15.8. The number of H-pyrrole nitrogens is 1. The van der Waals surface area contributed by atoms with E-state index >= 15 is 0 Å². The summed E-state index contributed by atoms with van der Waals surface area (Å²) in [6, 6.07) is 8.14. The molecule has 24 heavy (non-hydrogen) atoms. The lowest BCUT2D eigenvalue weighted by Gasteiger charge is -2.30. The molecule has 1 aromatic carbocycles. The number of nitrogens with one attached hydrogen (secondary N) is 1. The summed E-state index contributed by atoms with van der Waals surface area (Å²) in [7, 11) is 0. The van der Waals surface area contributed by atoms with Crippen molar-refractivity contribution in [1.82, 2.24) is 25.1 Å². The maximum atomic E-state index is 4.65. The number of piperidine rings is 1. The molecule has 1 aliphatic rings. The molecule has 0 aliphatic carbocycles. The van der Waals surface area contributed by atoms with Gasteiger partial charge >= 0.3 is 0 Å². The summed E-state index contributed by atoms with van der Waals surface area (Å²) in [6.07, 6.45) is 3.90. The number of hydrogen-bond acceptors (Lipinski definition) is 5. The Kier molecular flexibility index (Phi) is 4.67. The van der Waals surface area contributed by atoms with E-state index in [4.69, 9.17) is 0 Å². The van der Waals surface area contributed by atoms with Crippen molar-refractivity contribution in [3.05, 3.63) is 24.3 Å². The van der Waals surface area contributed by atoms with Crippen molar-refractivity contribution >= 4 is 33.8 Å². The molecule has 6 heteroatoms. The minimum Gasteiger partial charge on any atom is -0.338 e. The molecule has 0 amide bonds. The Morgan fingerprint density at radius 2 is 2.08 bits per heavy atom. The molecule has 4 rings (SSSR count). The second kappa shape index (κ2) is 7.07. The predicted octanol–water partition coefficient (Wildman–Crippen LogP) is 3.97. The first-order valence-corrected chi connectivity index (χ1v) is 9.78. The molecule has 1 aliphatic heterocycles. The van der Waals surface area contributed by atoms with E-state index in [0.717, 1.165) is 38.9 Å². The minimum atomic E-state index is 0. The number of hydrogen-bond donors (Lipinski definition) is 1. The van der Waals surface area contributed by atoms with E-state index in [2.05, 4.69) is 38.1 Å². The second-order valence-corrected chi connectivity index (χ2v) is 7.54. The zero-order valence-electron chi connectivity index (χ0n) is 14.0. The highest BCUT2D eigenvalue weighted by molar-refractivity contribution is 7.99. The van der Waals surface area contributed by atoms with E-state index in [1.165, 1.54) is 38.9 Å². The van der Waals surface area contributed by atoms with Crippen LogP contribution in [-0.4, -0.2) is 50.5 Å². The van der Waals surface area contributed by atoms with Crippen LogP contribution < -0.4 is 0 Å². The van der Waals surface area contributed by atoms with Gasteiger partial charge in [0.25, 0.3) is 0 Å². The molecular formula is C18H25N5S. The Balaban J connectivity index is 0.00000182. The third-order valence-electron chi connectivity index (χ3n) is 5.01.